The Morgan fingerprint density at radius 1 is 1.09 bits per heavy atom. The van der Waals surface area contributed by atoms with Crippen molar-refractivity contribution in [1.82, 2.24) is 5.32 Å². The summed E-state index contributed by atoms with van der Waals surface area (Å²) >= 11 is 5.84. The molecule has 0 fully saturated rings. The zero-order chi connectivity index (χ0) is 17.0. The van der Waals surface area contributed by atoms with Gasteiger partial charge in [-0.3, -0.25) is 4.79 Å². The van der Waals surface area contributed by atoms with Crippen LogP contribution in [0.5, 0.6) is 5.75 Å². The van der Waals surface area contributed by atoms with E-state index < -0.39 is 6.10 Å². The molecule has 0 aliphatic heterocycles. The monoisotopic (exact) mass is 331 g/mol. The molecule has 0 aliphatic rings. The van der Waals surface area contributed by atoms with E-state index in [2.05, 4.69) is 23.5 Å². The topological polar surface area (TPSA) is 38.3 Å². The fourth-order valence-electron chi connectivity index (χ4n) is 2.41. The average molecular weight is 332 g/mol. The first kappa shape index (κ1) is 17.4. The molecule has 0 aliphatic carbocycles. The lowest BCUT2D eigenvalue weighted by atomic mass is 10.00. The van der Waals surface area contributed by atoms with Crippen LogP contribution < -0.4 is 10.1 Å². The van der Waals surface area contributed by atoms with Gasteiger partial charge in [-0.15, -0.1) is 0 Å². The number of amides is 1. The normalized spacial score (nSPS) is 13.3. The molecule has 2 aromatic rings. The van der Waals surface area contributed by atoms with Gasteiger partial charge < -0.3 is 10.1 Å². The van der Waals surface area contributed by atoms with E-state index in [1.54, 1.807) is 31.2 Å². The predicted octanol–water partition coefficient (Wildman–Crippen LogP) is 4.60. The lowest BCUT2D eigenvalue weighted by Gasteiger charge is -2.20. The van der Waals surface area contributed by atoms with Crippen LogP contribution in [0.1, 0.15) is 36.6 Å². The minimum absolute atomic E-state index is 0.0707. The number of benzene rings is 2. The van der Waals surface area contributed by atoms with Crippen LogP contribution in [-0.4, -0.2) is 12.0 Å². The van der Waals surface area contributed by atoms with Crippen molar-refractivity contribution in [2.45, 2.75) is 39.8 Å². The number of hydrogen-bond acceptors (Lipinski definition) is 2. The van der Waals surface area contributed by atoms with Crippen LogP contribution in [0, 0.1) is 13.8 Å². The van der Waals surface area contributed by atoms with Crippen LogP contribution in [-0.2, 0) is 4.79 Å². The highest BCUT2D eigenvalue weighted by Gasteiger charge is 2.18. The lowest BCUT2D eigenvalue weighted by Crippen LogP contribution is -2.38. The zero-order valence-electron chi connectivity index (χ0n) is 13.9. The second kappa shape index (κ2) is 7.51. The summed E-state index contributed by atoms with van der Waals surface area (Å²) in [5, 5.41) is 3.64. The van der Waals surface area contributed by atoms with Gasteiger partial charge in [-0.25, -0.2) is 0 Å². The Morgan fingerprint density at radius 2 is 1.74 bits per heavy atom. The van der Waals surface area contributed by atoms with E-state index >= 15 is 0 Å². The molecule has 4 heteroatoms. The first-order valence-corrected chi connectivity index (χ1v) is 8.04. The number of rotatable bonds is 5. The van der Waals surface area contributed by atoms with Crippen molar-refractivity contribution in [3.63, 3.8) is 0 Å². The fraction of sp³-hybridized carbons (Fsp3) is 0.316. The van der Waals surface area contributed by atoms with Crippen LogP contribution in [0.3, 0.4) is 0 Å². The molecule has 0 spiro atoms. The van der Waals surface area contributed by atoms with Gasteiger partial charge in [0.2, 0.25) is 0 Å². The SMILES string of the molecule is Cc1ccc(C)c([C@H](C)NC(=O)[C@@H](C)Oc2ccc(Cl)cc2)c1. The molecule has 0 aromatic heterocycles. The van der Waals surface area contributed by atoms with Crippen molar-refractivity contribution in [3.8, 4) is 5.75 Å². The van der Waals surface area contributed by atoms with Crippen LogP contribution in [0.15, 0.2) is 42.5 Å². The van der Waals surface area contributed by atoms with E-state index in [1.165, 1.54) is 5.56 Å². The highest BCUT2D eigenvalue weighted by molar-refractivity contribution is 6.30. The largest absolute Gasteiger partial charge is 0.481 e. The highest BCUT2D eigenvalue weighted by atomic mass is 35.5. The van der Waals surface area contributed by atoms with E-state index in [0.717, 1.165) is 11.1 Å². The summed E-state index contributed by atoms with van der Waals surface area (Å²) in [4.78, 5) is 12.3. The predicted molar refractivity (Wildman–Crippen MR) is 94.0 cm³/mol. The third-order valence-corrected chi connectivity index (χ3v) is 4.01. The van der Waals surface area contributed by atoms with E-state index in [1.807, 2.05) is 20.8 Å². The zero-order valence-corrected chi connectivity index (χ0v) is 14.6. The summed E-state index contributed by atoms with van der Waals surface area (Å²) in [5.41, 5.74) is 3.46. The summed E-state index contributed by atoms with van der Waals surface area (Å²) in [5.74, 6) is 0.477. The van der Waals surface area contributed by atoms with Gasteiger partial charge in [0.05, 0.1) is 6.04 Å². The number of nitrogens with one attached hydrogen (secondary N) is 1. The molecule has 0 bridgehead atoms. The Bertz CT molecular complexity index is 682. The van der Waals surface area contributed by atoms with Gasteiger partial charge in [-0.2, -0.15) is 0 Å². The minimum atomic E-state index is -0.580. The highest BCUT2D eigenvalue weighted by Crippen LogP contribution is 2.20. The van der Waals surface area contributed by atoms with E-state index in [0.29, 0.717) is 10.8 Å². The van der Waals surface area contributed by atoms with Gasteiger partial charge in [0, 0.05) is 5.02 Å². The Balaban J connectivity index is 2.00. The van der Waals surface area contributed by atoms with Crippen LogP contribution >= 0.6 is 11.6 Å². The molecule has 0 saturated carbocycles. The van der Waals surface area contributed by atoms with Crippen molar-refractivity contribution in [1.29, 1.82) is 0 Å². The smallest absolute Gasteiger partial charge is 0.261 e. The first-order chi connectivity index (χ1) is 10.9. The molecule has 1 N–H and O–H groups in total. The molecule has 0 heterocycles. The molecule has 0 radical (unpaired) electrons. The quantitative estimate of drug-likeness (QED) is 0.869. The first-order valence-electron chi connectivity index (χ1n) is 7.66. The lowest BCUT2D eigenvalue weighted by molar-refractivity contribution is -0.127. The standard InChI is InChI=1S/C19H22ClNO2/c1-12-5-6-13(2)18(11-12)14(3)21-19(22)15(4)23-17-9-7-16(20)8-10-17/h5-11,14-15H,1-4H3,(H,21,22)/t14-,15+/m0/s1. The third kappa shape index (κ3) is 4.73. The van der Waals surface area contributed by atoms with Crippen LogP contribution in [0.4, 0.5) is 0 Å². The molecule has 1 amide bonds. The maximum atomic E-state index is 12.3. The maximum absolute atomic E-state index is 12.3. The molecule has 122 valence electrons. The van der Waals surface area contributed by atoms with Gasteiger partial charge in [0.15, 0.2) is 6.10 Å². The number of hydrogen-bond donors (Lipinski definition) is 1. The van der Waals surface area contributed by atoms with Gasteiger partial charge in [0.25, 0.3) is 5.91 Å². The summed E-state index contributed by atoms with van der Waals surface area (Å²) in [7, 11) is 0. The van der Waals surface area contributed by atoms with Gasteiger partial charge in [0.1, 0.15) is 5.75 Å². The minimum Gasteiger partial charge on any atom is -0.481 e. The summed E-state index contributed by atoms with van der Waals surface area (Å²) in [6.45, 7) is 7.81. The number of carbonyl (C=O) groups excluding carboxylic acids is 1. The molecule has 0 unspecified atom stereocenters. The average Bonchev–Trinajstić information content (AvgIpc) is 2.51. The van der Waals surface area contributed by atoms with E-state index in [4.69, 9.17) is 16.3 Å². The van der Waals surface area contributed by atoms with Gasteiger partial charge >= 0.3 is 0 Å². The van der Waals surface area contributed by atoms with Gasteiger partial charge in [-0.05, 0) is 63.1 Å². The third-order valence-electron chi connectivity index (χ3n) is 3.76. The molecular formula is C19H22ClNO2. The number of carbonyl (C=O) groups is 1. The molecule has 2 atom stereocenters. The second-order valence-electron chi connectivity index (χ2n) is 5.80. The molecular weight excluding hydrogens is 310 g/mol. The Labute approximate surface area is 142 Å². The second-order valence-corrected chi connectivity index (χ2v) is 6.24. The maximum Gasteiger partial charge on any atom is 0.261 e. The number of halogens is 1. The van der Waals surface area contributed by atoms with Crippen LogP contribution in [0.25, 0.3) is 0 Å². The number of aryl methyl sites for hydroxylation is 2. The van der Waals surface area contributed by atoms with Crippen molar-refractivity contribution in [2.75, 3.05) is 0 Å². The van der Waals surface area contributed by atoms with Crippen LogP contribution in [0.2, 0.25) is 5.02 Å². The van der Waals surface area contributed by atoms with Crippen molar-refractivity contribution < 1.29 is 9.53 Å². The molecule has 3 nitrogen and oxygen atoms in total. The molecule has 2 aromatic carbocycles. The Morgan fingerprint density at radius 3 is 2.39 bits per heavy atom. The Kier molecular flexibility index (Phi) is 5.67. The van der Waals surface area contributed by atoms with E-state index in [-0.39, 0.29) is 11.9 Å². The molecule has 2 rings (SSSR count). The molecule has 23 heavy (non-hydrogen) atoms. The summed E-state index contributed by atoms with van der Waals surface area (Å²) < 4.78 is 5.65. The van der Waals surface area contributed by atoms with Crippen molar-refractivity contribution in [2.24, 2.45) is 0 Å². The van der Waals surface area contributed by atoms with E-state index in [9.17, 15) is 4.79 Å². The van der Waals surface area contributed by atoms with Gasteiger partial charge in [-0.1, -0.05) is 35.4 Å². The summed E-state index contributed by atoms with van der Waals surface area (Å²) in [6.07, 6.45) is -0.580. The molecule has 0 saturated heterocycles. The Hall–Kier alpha value is -2.00. The van der Waals surface area contributed by atoms with Crippen molar-refractivity contribution in [3.05, 3.63) is 64.2 Å². The van der Waals surface area contributed by atoms with Crippen molar-refractivity contribution >= 4 is 17.5 Å². The number of ether oxygens (including phenoxy) is 1. The summed E-state index contributed by atoms with van der Waals surface area (Å²) in [6, 6.07) is 13.1. The fourth-order valence-corrected chi connectivity index (χ4v) is 2.53.